The highest BCUT2D eigenvalue weighted by Crippen LogP contribution is 2.28. The van der Waals surface area contributed by atoms with Crippen LogP contribution in [0.4, 0.5) is 13.2 Å². The van der Waals surface area contributed by atoms with E-state index < -0.39 is 18.1 Å². The summed E-state index contributed by atoms with van der Waals surface area (Å²) in [5.74, 6) is 0. The van der Waals surface area contributed by atoms with Gasteiger partial charge in [0.1, 0.15) is 0 Å². The Morgan fingerprint density at radius 2 is 2.08 bits per heavy atom. The smallest absolute Gasteiger partial charge is 0.379 e. The summed E-state index contributed by atoms with van der Waals surface area (Å²) in [4.78, 5) is 0. The van der Waals surface area contributed by atoms with E-state index in [4.69, 9.17) is 10.5 Å². The van der Waals surface area contributed by atoms with Crippen molar-refractivity contribution in [3.63, 3.8) is 0 Å². The Hall–Kier alpha value is -0.290. The van der Waals surface area contributed by atoms with Crippen LogP contribution in [0.25, 0.3) is 0 Å². The second-order valence-electron chi connectivity index (χ2n) is 3.28. The van der Waals surface area contributed by atoms with Gasteiger partial charge in [-0.05, 0) is 12.8 Å². The Kier molecular flexibility index (Phi) is 2.63. The molecule has 0 aliphatic carbocycles. The fraction of sp³-hybridized carbons (Fsp3) is 1.00. The standard InChI is InChI=1S/C7H12F3NO/c8-7(9,10)2-1-6(11)3-4-12-5-6/h1-5,11H2. The molecule has 0 amide bonds. The Bertz CT molecular complexity index is 151. The minimum Gasteiger partial charge on any atom is -0.379 e. The molecule has 1 rings (SSSR count). The van der Waals surface area contributed by atoms with Crippen LogP contribution in [0.3, 0.4) is 0 Å². The van der Waals surface area contributed by atoms with E-state index in [0.29, 0.717) is 13.0 Å². The zero-order valence-electron chi connectivity index (χ0n) is 6.66. The highest BCUT2D eigenvalue weighted by atomic mass is 19.4. The predicted octanol–water partition coefficient (Wildman–Crippen LogP) is 1.45. The Balaban J connectivity index is 2.30. The summed E-state index contributed by atoms with van der Waals surface area (Å²) < 4.78 is 40.3. The minimum absolute atomic E-state index is 0.0312. The number of ether oxygens (including phenoxy) is 1. The second-order valence-corrected chi connectivity index (χ2v) is 3.28. The predicted molar refractivity (Wildman–Crippen MR) is 37.6 cm³/mol. The topological polar surface area (TPSA) is 35.2 Å². The normalized spacial score (nSPS) is 31.0. The number of hydrogen-bond acceptors (Lipinski definition) is 2. The Morgan fingerprint density at radius 3 is 2.50 bits per heavy atom. The molecule has 1 aliphatic rings. The van der Waals surface area contributed by atoms with Gasteiger partial charge in [-0.1, -0.05) is 0 Å². The molecule has 1 unspecified atom stereocenters. The van der Waals surface area contributed by atoms with Crippen molar-refractivity contribution >= 4 is 0 Å². The van der Waals surface area contributed by atoms with Crippen molar-refractivity contribution < 1.29 is 17.9 Å². The van der Waals surface area contributed by atoms with E-state index >= 15 is 0 Å². The van der Waals surface area contributed by atoms with Gasteiger partial charge in [0.05, 0.1) is 6.61 Å². The molecule has 5 heteroatoms. The van der Waals surface area contributed by atoms with Crippen LogP contribution in [0, 0.1) is 0 Å². The molecule has 2 N–H and O–H groups in total. The van der Waals surface area contributed by atoms with Crippen LogP contribution in [-0.4, -0.2) is 24.9 Å². The molecule has 1 heterocycles. The molecule has 0 aromatic carbocycles. The number of nitrogens with two attached hydrogens (primary N) is 1. The first-order chi connectivity index (χ1) is 5.41. The molecule has 0 bridgehead atoms. The molecule has 1 aliphatic heterocycles. The maximum Gasteiger partial charge on any atom is 0.389 e. The van der Waals surface area contributed by atoms with Crippen LogP contribution >= 0.6 is 0 Å². The lowest BCUT2D eigenvalue weighted by molar-refractivity contribution is -0.138. The van der Waals surface area contributed by atoms with Crippen molar-refractivity contribution in [2.75, 3.05) is 13.2 Å². The summed E-state index contributed by atoms with van der Waals surface area (Å²) in [5, 5.41) is 0. The molecular formula is C7H12F3NO. The first-order valence-electron chi connectivity index (χ1n) is 3.85. The molecule has 0 aromatic rings. The van der Waals surface area contributed by atoms with Gasteiger partial charge in [-0.25, -0.2) is 0 Å². The third-order valence-corrected chi connectivity index (χ3v) is 2.04. The maximum atomic E-state index is 11.8. The molecule has 2 nitrogen and oxygen atoms in total. The summed E-state index contributed by atoms with van der Waals surface area (Å²) in [7, 11) is 0. The number of alkyl halides is 3. The molecule has 1 saturated heterocycles. The van der Waals surface area contributed by atoms with Gasteiger partial charge in [0, 0.05) is 18.6 Å². The van der Waals surface area contributed by atoms with Gasteiger partial charge in [0.2, 0.25) is 0 Å². The second kappa shape index (κ2) is 3.22. The zero-order chi connectivity index (χ0) is 9.24. The first-order valence-corrected chi connectivity index (χ1v) is 3.85. The summed E-state index contributed by atoms with van der Waals surface area (Å²) in [6, 6.07) is 0. The molecule has 1 fully saturated rings. The average Bonchev–Trinajstić information content (AvgIpc) is 2.32. The molecule has 0 spiro atoms. The molecule has 12 heavy (non-hydrogen) atoms. The van der Waals surface area contributed by atoms with E-state index in [0.717, 1.165) is 0 Å². The zero-order valence-corrected chi connectivity index (χ0v) is 6.66. The number of halogens is 3. The van der Waals surface area contributed by atoms with Crippen LogP contribution in [-0.2, 0) is 4.74 Å². The lowest BCUT2D eigenvalue weighted by atomic mass is 9.94. The maximum absolute atomic E-state index is 11.8. The molecule has 1 atom stereocenters. The molecule has 0 aromatic heterocycles. The van der Waals surface area contributed by atoms with E-state index in [1.54, 1.807) is 0 Å². The van der Waals surface area contributed by atoms with Gasteiger partial charge >= 0.3 is 6.18 Å². The van der Waals surface area contributed by atoms with E-state index in [1.165, 1.54) is 0 Å². The largest absolute Gasteiger partial charge is 0.389 e. The molecular weight excluding hydrogens is 171 g/mol. The summed E-state index contributed by atoms with van der Waals surface area (Å²) in [6.07, 6.45) is -4.42. The highest BCUT2D eigenvalue weighted by Gasteiger charge is 2.36. The molecule has 72 valence electrons. The van der Waals surface area contributed by atoms with E-state index in [-0.39, 0.29) is 13.0 Å². The van der Waals surface area contributed by atoms with Crippen LogP contribution in [0.1, 0.15) is 19.3 Å². The van der Waals surface area contributed by atoms with Gasteiger partial charge in [-0.3, -0.25) is 0 Å². The van der Waals surface area contributed by atoms with Gasteiger partial charge in [-0.2, -0.15) is 13.2 Å². The number of hydrogen-bond donors (Lipinski definition) is 1. The number of rotatable bonds is 2. The monoisotopic (exact) mass is 183 g/mol. The van der Waals surface area contributed by atoms with Crippen molar-refractivity contribution in [2.45, 2.75) is 31.0 Å². The average molecular weight is 183 g/mol. The Labute approximate surface area is 68.9 Å². The van der Waals surface area contributed by atoms with Crippen molar-refractivity contribution in [1.29, 1.82) is 0 Å². The van der Waals surface area contributed by atoms with E-state index in [1.807, 2.05) is 0 Å². The highest BCUT2D eigenvalue weighted by molar-refractivity contribution is 4.88. The lowest BCUT2D eigenvalue weighted by Crippen LogP contribution is -2.41. The lowest BCUT2D eigenvalue weighted by Gasteiger charge is -2.21. The third-order valence-electron chi connectivity index (χ3n) is 2.04. The fourth-order valence-electron chi connectivity index (χ4n) is 1.21. The SMILES string of the molecule is NC1(CCC(F)(F)F)CCOC1. The van der Waals surface area contributed by atoms with Crippen molar-refractivity contribution in [3.8, 4) is 0 Å². The van der Waals surface area contributed by atoms with Gasteiger partial charge in [-0.15, -0.1) is 0 Å². The van der Waals surface area contributed by atoms with E-state index in [9.17, 15) is 13.2 Å². The van der Waals surface area contributed by atoms with Crippen LogP contribution < -0.4 is 5.73 Å². The summed E-state index contributed by atoms with van der Waals surface area (Å²) in [5.41, 5.74) is 4.90. The van der Waals surface area contributed by atoms with Gasteiger partial charge < -0.3 is 10.5 Å². The fourth-order valence-corrected chi connectivity index (χ4v) is 1.21. The van der Waals surface area contributed by atoms with Gasteiger partial charge in [0.25, 0.3) is 0 Å². The van der Waals surface area contributed by atoms with Crippen LogP contribution in [0.5, 0.6) is 0 Å². The Morgan fingerprint density at radius 1 is 1.42 bits per heavy atom. The summed E-state index contributed by atoms with van der Waals surface area (Å²) >= 11 is 0. The first kappa shape index (κ1) is 9.80. The third kappa shape index (κ3) is 2.98. The minimum atomic E-state index is -4.10. The van der Waals surface area contributed by atoms with Crippen LogP contribution in [0.2, 0.25) is 0 Å². The summed E-state index contributed by atoms with van der Waals surface area (Å²) in [6.45, 7) is 0.734. The van der Waals surface area contributed by atoms with Crippen molar-refractivity contribution in [2.24, 2.45) is 5.73 Å². The molecule has 0 radical (unpaired) electrons. The van der Waals surface area contributed by atoms with Gasteiger partial charge in [0.15, 0.2) is 0 Å². The van der Waals surface area contributed by atoms with E-state index in [2.05, 4.69) is 0 Å². The quantitative estimate of drug-likeness (QED) is 0.703. The molecule has 0 saturated carbocycles. The van der Waals surface area contributed by atoms with Crippen LogP contribution in [0.15, 0.2) is 0 Å². The van der Waals surface area contributed by atoms with Crippen molar-refractivity contribution in [3.05, 3.63) is 0 Å². The van der Waals surface area contributed by atoms with Crippen molar-refractivity contribution in [1.82, 2.24) is 0 Å².